The summed E-state index contributed by atoms with van der Waals surface area (Å²) in [5, 5.41) is 0.717. The molecule has 0 atom stereocenters. The van der Waals surface area contributed by atoms with Crippen molar-refractivity contribution in [1.82, 2.24) is 4.98 Å². The van der Waals surface area contributed by atoms with Crippen LogP contribution in [0.3, 0.4) is 0 Å². The minimum absolute atomic E-state index is 0.0618. The number of anilines is 1. The van der Waals surface area contributed by atoms with E-state index in [-0.39, 0.29) is 11.7 Å². The Balaban J connectivity index is 1.74. The molecule has 0 saturated heterocycles. The maximum Gasteiger partial charge on any atom is 0.270 e. The lowest BCUT2D eigenvalue weighted by molar-refractivity contribution is 0.0987. The average molecular weight is 396 g/mol. The number of carbonyl (C=O) groups is 1. The van der Waals surface area contributed by atoms with Gasteiger partial charge in [0.1, 0.15) is 21.5 Å². The number of aryl methyl sites for hydroxylation is 2. The largest absolute Gasteiger partial charge is 0.495 e. The summed E-state index contributed by atoms with van der Waals surface area (Å²) in [6, 6.07) is 10.1. The van der Waals surface area contributed by atoms with E-state index >= 15 is 0 Å². The molecule has 1 amide bonds. The van der Waals surface area contributed by atoms with Crippen LogP contribution in [0.15, 0.2) is 36.4 Å². The molecule has 2 heterocycles. The Hall–Kier alpha value is -2.73. The van der Waals surface area contributed by atoms with Gasteiger partial charge >= 0.3 is 0 Å². The van der Waals surface area contributed by atoms with Gasteiger partial charge in [-0.3, -0.25) is 4.79 Å². The molecular formula is C22H21FN2O2S. The third-order valence-corrected chi connectivity index (χ3v) is 6.30. The summed E-state index contributed by atoms with van der Waals surface area (Å²) in [6.07, 6.45) is 1.85. The van der Waals surface area contributed by atoms with Crippen molar-refractivity contribution in [1.29, 1.82) is 0 Å². The van der Waals surface area contributed by atoms with E-state index in [2.05, 4.69) is 11.9 Å². The van der Waals surface area contributed by atoms with Crippen molar-refractivity contribution in [2.45, 2.75) is 26.7 Å². The van der Waals surface area contributed by atoms with Gasteiger partial charge in [-0.05, 0) is 68.1 Å². The van der Waals surface area contributed by atoms with Crippen LogP contribution in [0.4, 0.5) is 10.1 Å². The molecule has 4 nitrogen and oxygen atoms in total. The third kappa shape index (κ3) is 3.18. The number of amides is 1. The smallest absolute Gasteiger partial charge is 0.270 e. The monoisotopic (exact) mass is 396 g/mol. The molecule has 0 N–H and O–H groups in total. The second-order valence-electron chi connectivity index (χ2n) is 6.91. The lowest BCUT2D eigenvalue weighted by Gasteiger charge is -2.31. The number of ether oxygens (including phenoxy) is 1. The van der Waals surface area contributed by atoms with Crippen LogP contribution in [-0.4, -0.2) is 24.5 Å². The Morgan fingerprint density at radius 1 is 1.18 bits per heavy atom. The van der Waals surface area contributed by atoms with Gasteiger partial charge in [0.05, 0.1) is 18.5 Å². The molecule has 0 radical (unpaired) electrons. The summed E-state index contributed by atoms with van der Waals surface area (Å²) < 4.78 is 18.8. The van der Waals surface area contributed by atoms with Gasteiger partial charge in [-0.1, -0.05) is 6.07 Å². The predicted molar refractivity (Wildman–Crippen MR) is 110 cm³/mol. The van der Waals surface area contributed by atoms with Crippen molar-refractivity contribution in [3.05, 3.63) is 63.9 Å². The van der Waals surface area contributed by atoms with E-state index in [4.69, 9.17) is 4.74 Å². The number of benzene rings is 2. The molecule has 0 spiro atoms. The predicted octanol–water partition coefficient (Wildman–Crippen LogP) is 5.17. The van der Waals surface area contributed by atoms with Gasteiger partial charge in [-0.2, -0.15) is 0 Å². The van der Waals surface area contributed by atoms with Crippen LogP contribution >= 0.6 is 11.3 Å². The van der Waals surface area contributed by atoms with Gasteiger partial charge in [0.25, 0.3) is 5.91 Å². The molecule has 144 valence electrons. The molecule has 4 rings (SSSR count). The van der Waals surface area contributed by atoms with Crippen LogP contribution in [0.2, 0.25) is 0 Å². The molecule has 0 unspecified atom stereocenters. The summed E-state index contributed by atoms with van der Waals surface area (Å²) in [4.78, 5) is 20.4. The van der Waals surface area contributed by atoms with Gasteiger partial charge in [-0.15, -0.1) is 11.3 Å². The lowest BCUT2D eigenvalue weighted by atomic mass is 9.96. The third-order valence-electron chi connectivity index (χ3n) is 5.11. The highest BCUT2D eigenvalue weighted by atomic mass is 32.1. The van der Waals surface area contributed by atoms with Gasteiger partial charge in [0, 0.05) is 12.1 Å². The van der Waals surface area contributed by atoms with Gasteiger partial charge in [0.15, 0.2) is 0 Å². The SMILES string of the molecule is COc1ccc(C)c2c1N(C(=O)c1sc(-c3ccc(F)cc3)nc1C)CCC2. The number of fused-ring (bicyclic) bond motifs is 1. The van der Waals surface area contributed by atoms with E-state index < -0.39 is 0 Å². The minimum Gasteiger partial charge on any atom is -0.495 e. The van der Waals surface area contributed by atoms with E-state index in [0.29, 0.717) is 22.1 Å². The molecule has 1 aromatic heterocycles. The van der Waals surface area contributed by atoms with Crippen LogP contribution in [-0.2, 0) is 6.42 Å². The van der Waals surface area contributed by atoms with E-state index in [0.717, 1.165) is 29.8 Å². The maximum atomic E-state index is 13.4. The zero-order valence-corrected chi connectivity index (χ0v) is 16.9. The molecule has 28 heavy (non-hydrogen) atoms. The number of nitrogens with zero attached hydrogens (tertiary/aromatic N) is 2. The van der Waals surface area contributed by atoms with E-state index in [1.807, 2.05) is 24.0 Å². The first-order chi connectivity index (χ1) is 13.5. The number of rotatable bonds is 3. The van der Waals surface area contributed by atoms with E-state index in [9.17, 15) is 9.18 Å². The van der Waals surface area contributed by atoms with Crippen LogP contribution in [0, 0.1) is 19.7 Å². The summed E-state index contributed by atoms with van der Waals surface area (Å²) in [6.45, 7) is 4.56. The van der Waals surface area contributed by atoms with E-state index in [1.165, 1.54) is 34.6 Å². The molecule has 0 fully saturated rings. The Morgan fingerprint density at radius 3 is 2.64 bits per heavy atom. The number of methoxy groups -OCH3 is 1. The highest BCUT2D eigenvalue weighted by Gasteiger charge is 2.30. The highest BCUT2D eigenvalue weighted by molar-refractivity contribution is 7.17. The number of hydrogen-bond acceptors (Lipinski definition) is 4. The Bertz CT molecular complexity index is 1040. The zero-order chi connectivity index (χ0) is 19.8. The van der Waals surface area contributed by atoms with Crippen molar-refractivity contribution < 1.29 is 13.9 Å². The first-order valence-electron chi connectivity index (χ1n) is 9.21. The number of thiazole rings is 1. The van der Waals surface area contributed by atoms with Gasteiger partial charge in [-0.25, -0.2) is 9.37 Å². The molecule has 1 aliphatic rings. The van der Waals surface area contributed by atoms with Crippen LogP contribution in [0.1, 0.15) is 32.9 Å². The van der Waals surface area contributed by atoms with Crippen LogP contribution < -0.4 is 9.64 Å². The molecule has 1 aliphatic heterocycles. The second kappa shape index (κ2) is 7.36. The number of carbonyl (C=O) groups excluding carboxylic acids is 1. The fourth-order valence-electron chi connectivity index (χ4n) is 3.65. The topological polar surface area (TPSA) is 42.4 Å². The quantitative estimate of drug-likeness (QED) is 0.614. The Kier molecular flexibility index (Phi) is 4.89. The lowest BCUT2D eigenvalue weighted by Crippen LogP contribution is -2.36. The van der Waals surface area contributed by atoms with Crippen LogP contribution in [0.5, 0.6) is 5.75 Å². The number of hydrogen-bond donors (Lipinski definition) is 0. The fraction of sp³-hybridized carbons (Fsp3) is 0.273. The van der Waals surface area contributed by atoms with Gasteiger partial charge in [0.2, 0.25) is 0 Å². The number of halogens is 1. The molecule has 6 heteroatoms. The van der Waals surface area contributed by atoms with Crippen molar-refractivity contribution in [3.63, 3.8) is 0 Å². The first kappa shape index (κ1) is 18.6. The van der Waals surface area contributed by atoms with Crippen molar-refractivity contribution in [2.24, 2.45) is 0 Å². The van der Waals surface area contributed by atoms with E-state index in [1.54, 1.807) is 19.2 Å². The van der Waals surface area contributed by atoms with Crippen molar-refractivity contribution in [3.8, 4) is 16.3 Å². The molecule has 0 saturated carbocycles. The molecular weight excluding hydrogens is 375 g/mol. The van der Waals surface area contributed by atoms with Gasteiger partial charge < -0.3 is 9.64 Å². The fourth-order valence-corrected chi connectivity index (χ4v) is 4.67. The Labute approximate surface area is 167 Å². The van der Waals surface area contributed by atoms with Crippen molar-refractivity contribution in [2.75, 3.05) is 18.6 Å². The summed E-state index contributed by atoms with van der Waals surface area (Å²) in [7, 11) is 1.63. The summed E-state index contributed by atoms with van der Waals surface area (Å²) in [5.41, 5.74) is 4.70. The Morgan fingerprint density at radius 2 is 1.93 bits per heavy atom. The molecule has 3 aromatic rings. The minimum atomic E-state index is -0.291. The molecule has 0 bridgehead atoms. The molecule has 0 aliphatic carbocycles. The first-order valence-corrected chi connectivity index (χ1v) is 10.0. The average Bonchev–Trinajstić information content (AvgIpc) is 3.09. The number of aromatic nitrogens is 1. The summed E-state index contributed by atoms with van der Waals surface area (Å²) >= 11 is 1.35. The normalized spacial score (nSPS) is 13.4. The summed E-state index contributed by atoms with van der Waals surface area (Å²) in [5.74, 6) is 0.364. The molecule has 2 aromatic carbocycles. The zero-order valence-electron chi connectivity index (χ0n) is 16.1. The maximum absolute atomic E-state index is 13.4. The standard InChI is InChI=1S/C22H21FN2O2S/c1-13-6-11-18(27-3)19-17(13)5-4-12-25(19)22(26)20-14(2)24-21(28-20)15-7-9-16(23)10-8-15/h6-11H,4-5,12H2,1-3H3. The second-order valence-corrected chi connectivity index (χ2v) is 7.91. The van der Waals surface area contributed by atoms with Crippen LogP contribution in [0.25, 0.3) is 10.6 Å². The van der Waals surface area contributed by atoms with Crippen molar-refractivity contribution >= 4 is 22.9 Å². The highest BCUT2D eigenvalue weighted by Crippen LogP contribution is 2.40.